The lowest BCUT2D eigenvalue weighted by Gasteiger charge is -2.30. The Hall–Kier alpha value is -2.71. The van der Waals surface area contributed by atoms with Gasteiger partial charge < -0.3 is 20.7 Å². The van der Waals surface area contributed by atoms with Crippen LogP contribution in [-0.2, 0) is 29.0 Å². The normalized spacial score (nSPS) is 17.6. The number of fused-ring (bicyclic) bond motifs is 1. The predicted molar refractivity (Wildman–Crippen MR) is 122 cm³/mol. The largest absolute Gasteiger partial charge is 0.383 e. The molecule has 0 radical (unpaired) electrons. The smallest absolute Gasteiger partial charge is 0.226 e. The Morgan fingerprint density at radius 1 is 1.19 bits per heavy atom. The number of nitrogens with two attached hydrogens (primary N) is 1. The fourth-order valence-corrected chi connectivity index (χ4v) is 4.41. The first-order valence-electron chi connectivity index (χ1n) is 11.0. The topological polar surface area (TPSA) is 96.6 Å². The lowest BCUT2D eigenvalue weighted by molar-refractivity contribution is -0.117. The molecule has 1 aromatic heterocycles. The van der Waals surface area contributed by atoms with Crippen molar-refractivity contribution in [1.82, 2.24) is 14.9 Å². The van der Waals surface area contributed by atoms with E-state index in [2.05, 4.69) is 39.5 Å². The zero-order chi connectivity index (χ0) is 21.8. The van der Waals surface area contributed by atoms with Gasteiger partial charge >= 0.3 is 0 Å². The summed E-state index contributed by atoms with van der Waals surface area (Å²) in [5.41, 5.74) is 9.41. The minimum atomic E-state index is 0.0448. The van der Waals surface area contributed by atoms with E-state index in [0.29, 0.717) is 31.5 Å². The summed E-state index contributed by atoms with van der Waals surface area (Å²) in [5.74, 6) is 1.69. The van der Waals surface area contributed by atoms with Crippen LogP contribution in [0.15, 0.2) is 24.3 Å². The van der Waals surface area contributed by atoms with Gasteiger partial charge in [-0.15, -0.1) is 0 Å². The molecule has 0 saturated carbocycles. The summed E-state index contributed by atoms with van der Waals surface area (Å²) in [4.78, 5) is 26.0. The van der Waals surface area contributed by atoms with Crippen LogP contribution in [0.3, 0.4) is 0 Å². The Morgan fingerprint density at radius 3 is 2.68 bits per heavy atom. The highest BCUT2D eigenvalue weighted by Crippen LogP contribution is 2.30. The predicted octanol–water partition coefficient (Wildman–Crippen LogP) is 2.23. The van der Waals surface area contributed by atoms with Crippen LogP contribution in [0.5, 0.6) is 0 Å². The molecular formula is C23H32N6O2. The molecule has 8 heteroatoms. The zero-order valence-electron chi connectivity index (χ0n) is 18.4. The van der Waals surface area contributed by atoms with Crippen LogP contribution >= 0.6 is 0 Å². The first kappa shape index (κ1) is 21.5. The van der Waals surface area contributed by atoms with Crippen molar-refractivity contribution in [2.24, 2.45) is 0 Å². The molecule has 31 heavy (non-hydrogen) atoms. The van der Waals surface area contributed by atoms with Crippen molar-refractivity contribution in [3.63, 3.8) is 0 Å². The Morgan fingerprint density at radius 2 is 1.94 bits per heavy atom. The monoisotopic (exact) mass is 424 g/mol. The average molecular weight is 425 g/mol. The summed E-state index contributed by atoms with van der Waals surface area (Å²) in [5, 5.41) is 3.23. The molecule has 166 valence electrons. The molecule has 1 saturated heterocycles. The molecule has 0 aliphatic carbocycles. The summed E-state index contributed by atoms with van der Waals surface area (Å²) in [6.07, 6.45) is 2.85. The van der Waals surface area contributed by atoms with Crippen molar-refractivity contribution < 1.29 is 9.53 Å². The number of nitrogens with one attached hydrogen (secondary N) is 1. The minimum absolute atomic E-state index is 0.0448. The number of nitrogen functional groups attached to an aromatic ring is 1. The number of anilines is 3. The number of ketones is 1. The first-order valence-corrected chi connectivity index (χ1v) is 11.0. The number of aromatic nitrogens is 2. The number of carbonyl (C=O) groups excluding carboxylic acids is 1. The maximum absolute atomic E-state index is 12.4. The van der Waals surface area contributed by atoms with Crippen molar-refractivity contribution in [1.29, 1.82) is 0 Å². The van der Waals surface area contributed by atoms with Gasteiger partial charge in [0.2, 0.25) is 5.95 Å². The second-order valence-corrected chi connectivity index (χ2v) is 8.61. The van der Waals surface area contributed by atoms with Crippen molar-refractivity contribution in [2.75, 3.05) is 49.3 Å². The van der Waals surface area contributed by atoms with Crippen molar-refractivity contribution in [2.45, 2.75) is 45.3 Å². The highest BCUT2D eigenvalue weighted by Gasteiger charge is 2.27. The van der Waals surface area contributed by atoms with Gasteiger partial charge in [-0.25, -0.2) is 0 Å². The van der Waals surface area contributed by atoms with Crippen LogP contribution in [0.25, 0.3) is 0 Å². The van der Waals surface area contributed by atoms with Crippen LogP contribution in [0.4, 0.5) is 17.6 Å². The van der Waals surface area contributed by atoms with Crippen LogP contribution in [0.2, 0.25) is 0 Å². The number of nitrogens with zero attached hydrogens (tertiary/aromatic N) is 4. The molecule has 0 spiro atoms. The number of likely N-dealkylation sites (tertiary alicyclic amines) is 1. The molecule has 1 aromatic carbocycles. The van der Waals surface area contributed by atoms with Crippen LogP contribution in [0.1, 0.15) is 36.5 Å². The summed E-state index contributed by atoms with van der Waals surface area (Å²) in [6, 6.07) is 8.67. The van der Waals surface area contributed by atoms with E-state index >= 15 is 0 Å². The molecule has 4 rings (SSSR count). The SMILES string of the molecule is COC[C@H](C)Nc1nc(N)c2c(n1)N(Cc1cccc(CN3CCCC3)c1)CC(=O)C2. The molecule has 3 N–H and O–H groups in total. The highest BCUT2D eigenvalue weighted by molar-refractivity contribution is 5.91. The number of benzene rings is 1. The lowest BCUT2D eigenvalue weighted by atomic mass is 10.0. The van der Waals surface area contributed by atoms with Crippen molar-refractivity contribution in [3.05, 3.63) is 41.0 Å². The molecule has 1 atom stereocenters. The molecule has 3 heterocycles. The second kappa shape index (κ2) is 9.62. The third kappa shape index (κ3) is 5.32. The third-order valence-electron chi connectivity index (χ3n) is 5.82. The van der Waals surface area contributed by atoms with E-state index in [1.165, 1.54) is 31.5 Å². The van der Waals surface area contributed by atoms with Gasteiger partial charge in [0.15, 0.2) is 5.78 Å². The highest BCUT2D eigenvalue weighted by atomic mass is 16.5. The summed E-state index contributed by atoms with van der Waals surface area (Å²) in [7, 11) is 1.66. The molecule has 2 aromatic rings. The van der Waals surface area contributed by atoms with Crippen LogP contribution < -0.4 is 16.0 Å². The van der Waals surface area contributed by atoms with Gasteiger partial charge in [-0.1, -0.05) is 24.3 Å². The van der Waals surface area contributed by atoms with E-state index in [4.69, 9.17) is 15.5 Å². The molecule has 0 bridgehead atoms. The van der Waals surface area contributed by atoms with Gasteiger partial charge in [0, 0.05) is 38.2 Å². The van der Waals surface area contributed by atoms with Gasteiger partial charge in [0.05, 0.1) is 13.2 Å². The van der Waals surface area contributed by atoms with Crippen molar-refractivity contribution in [3.8, 4) is 0 Å². The fraction of sp³-hybridized carbons (Fsp3) is 0.522. The van der Waals surface area contributed by atoms with Gasteiger partial charge in [-0.05, 0) is 44.0 Å². The molecule has 1 fully saturated rings. The molecule has 2 aliphatic heterocycles. The van der Waals surface area contributed by atoms with E-state index < -0.39 is 0 Å². The Kier molecular flexibility index (Phi) is 6.67. The number of ether oxygens (including phenoxy) is 1. The molecule has 0 unspecified atom stereocenters. The Labute approximate surface area is 183 Å². The first-order chi connectivity index (χ1) is 15.0. The second-order valence-electron chi connectivity index (χ2n) is 8.61. The quantitative estimate of drug-likeness (QED) is 0.666. The molecular weight excluding hydrogens is 392 g/mol. The number of carbonyl (C=O) groups is 1. The number of methoxy groups -OCH3 is 1. The van der Waals surface area contributed by atoms with Gasteiger partial charge in [0.25, 0.3) is 0 Å². The number of Topliss-reactive ketones (excluding diaryl/α,β-unsaturated/α-hetero) is 1. The van der Waals surface area contributed by atoms with E-state index in [9.17, 15) is 4.79 Å². The van der Waals surface area contributed by atoms with Crippen LogP contribution in [0, 0.1) is 0 Å². The number of rotatable bonds is 8. The Bertz CT molecular complexity index is 928. The van der Waals surface area contributed by atoms with E-state index in [0.717, 1.165) is 23.5 Å². The van der Waals surface area contributed by atoms with E-state index in [1.54, 1.807) is 7.11 Å². The van der Waals surface area contributed by atoms with Crippen LogP contribution in [-0.4, -0.2) is 60.0 Å². The summed E-state index contributed by atoms with van der Waals surface area (Å²) >= 11 is 0. The molecule has 8 nitrogen and oxygen atoms in total. The maximum atomic E-state index is 12.4. The fourth-order valence-electron chi connectivity index (χ4n) is 4.41. The average Bonchev–Trinajstić information content (AvgIpc) is 3.22. The zero-order valence-corrected chi connectivity index (χ0v) is 18.4. The van der Waals surface area contributed by atoms with Gasteiger partial charge in [-0.3, -0.25) is 9.69 Å². The molecule has 2 aliphatic rings. The van der Waals surface area contributed by atoms with Gasteiger partial charge in [-0.2, -0.15) is 9.97 Å². The molecule has 0 amide bonds. The number of hydrogen-bond donors (Lipinski definition) is 2. The number of hydrogen-bond acceptors (Lipinski definition) is 8. The maximum Gasteiger partial charge on any atom is 0.226 e. The summed E-state index contributed by atoms with van der Waals surface area (Å²) < 4.78 is 5.18. The standard InChI is InChI=1S/C23H32N6O2/c1-16(15-31-2)25-23-26-21(24)20-11-19(30)14-29(22(20)27-23)13-18-7-5-6-17(10-18)12-28-8-3-4-9-28/h5-7,10,16H,3-4,8-9,11-15H2,1-2H3,(H3,24,25,26,27)/t16-/m0/s1. The van der Waals surface area contributed by atoms with Gasteiger partial charge in [0.1, 0.15) is 11.6 Å². The van der Waals surface area contributed by atoms with E-state index in [-0.39, 0.29) is 18.2 Å². The Balaban J connectivity index is 1.55. The third-order valence-corrected chi connectivity index (χ3v) is 5.82. The lowest BCUT2D eigenvalue weighted by Crippen LogP contribution is -2.37. The van der Waals surface area contributed by atoms with Crippen molar-refractivity contribution >= 4 is 23.4 Å². The minimum Gasteiger partial charge on any atom is -0.383 e. The van der Waals surface area contributed by atoms with E-state index in [1.807, 2.05) is 11.8 Å². The summed E-state index contributed by atoms with van der Waals surface area (Å²) in [6.45, 7) is 6.78.